The van der Waals surface area contributed by atoms with Crippen molar-refractivity contribution in [2.24, 2.45) is 0 Å². The van der Waals surface area contributed by atoms with Gasteiger partial charge in [-0.15, -0.1) is 0 Å². The zero-order valence-electron chi connectivity index (χ0n) is 28.3. The van der Waals surface area contributed by atoms with Gasteiger partial charge in [0, 0.05) is 12.0 Å². The van der Waals surface area contributed by atoms with Crippen LogP contribution in [0.15, 0.2) is 72.8 Å². The lowest BCUT2D eigenvalue weighted by Gasteiger charge is -2.16. The summed E-state index contributed by atoms with van der Waals surface area (Å²) in [5.41, 5.74) is 2.98. The molecular formula is C39H46O9. The van der Waals surface area contributed by atoms with Gasteiger partial charge in [0.2, 0.25) is 0 Å². The van der Waals surface area contributed by atoms with Gasteiger partial charge < -0.3 is 18.9 Å². The second-order valence-electron chi connectivity index (χ2n) is 11.7. The highest BCUT2D eigenvalue weighted by Gasteiger charge is 2.26. The summed E-state index contributed by atoms with van der Waals surface area (Å²) >= 11 is 0. The van der Waals surface area contributed by atoms with Crippen LogP contribution in [0.25, 0.3) is 11.1 Å². The standard InChI is InChI=1S/C39H46O9/c1-5-7-9-11-13-35(40)31-18-14-29(15-19-31)30-16-20-32(21-17-30)39(44)48-34-24-22-33(23-25-34)38(43)47-28(4)37(42)46-27(3)36(41)45-26-12-10-8-6-2/h14-25,27-28H,5-13,26H2,1-4H3. The Labute approximate surface area is 282 Å². The third kappa shape index (κ3) is 12.1. The second kappa shape index (κ2) is 19.8. The third-order valence-electron chi connectivity index (χ3n) is 7.70. The fourth-order valence-corrected chi connectivity index (χ4v) is 4.74. The fraction of sp³-hybridized carbons (Fsp3) is 0.410. The van der Waals surface area contributed by atoms with Crippen LogP contribution in [0.1, 0.15) is 117 Å². The Morgan fingerprint density at radius 1 is 0.542 bits per heavy atom. The molecule has 0 fully saturated rings. The van der Waals surface area contributed by atoms with Crippen LogP contribution in [-0.2, 0) is 23.8 Å². The molecule has 9 heteroatoms. The maximum absolute atomic E-state index is 12.7. The summed E-state index contributed by atoms with van der Waals surface area (Å²) in [5.74, 6) is -2.55. The number of carbonyl (C=O) groups is 5. The number of carbonyl (C=O) groups excluding carboxylic acids is 5. The third-order valence-corrected chi connectivity index (χ3v) is 7.70. The predicted molar refractivity (Wildman–Crippen MR) is 182 cm³/mol. The van der Waals surface area contributed by atoms with Crippen molar-refractivity contribution in [1.29, 1.82) is 0 Å². The number of unbranched alkanes of at least 4 members (excludes halogenated alkanes) is 6. The van der Waals surface area contributed by atoms with Crippen molar-refractivity contribution in [1.82, 2.24) is 0 Å². The lowest BCUT2D eigenvalue weighted by Crippen LogP contribution is -2.33. The zero-order valence-corrected chi connectivity index (χ0v) is 28.3. The quantitative estimate of drug-likeness (QED) is 0.0411. The van der Waals surface area contributed by atoms with E-state index in [0.717, 1.165) is 62.5 Å². The molecule has 0 heterocycles. The summed E-state index contributed by atoms with van der Waals surface area (Å²) in [6.07, 6.45) is 6.19. The molecule has 0 N–H and O–H groups in total. The SMILES string of the molecule is CCCCCCOC(=O)C(C)OC(=O)C(C)OC(=O)c1ccc(OC(=O)c2ccc(-c3ccc(C(=O)CCCCCC)cc3)cc2)cc1. The smallest absolute Gasteiger partial charge is 0.348 e. The summed E-state index contributed by atoms with van der Waals surface area (Å²) in [6, 6.07) is 20.1. The molecule has 0 saturated carbocycles. The van der Waals surface area contributed by atoms with Crippen LogP contribution in [0.4, 0.5) is 0 Å². The van der Waals surface area contributed by atoms with Crippen LogP contribution in [0, 0.1) is 0 Å². The number of esters is 4. The Morgan fingerprint density at radius 2 is 1.04 bits per heavy atom. The van der Waals surface area contributed by atoms with Crippen LogP contribution >= 0.6 is 0 Å². The molecule has 256 valence electrons. The highest BCUT2D eigenvalue weighted by atomic mass is 16.6. The van der Waals surface area contributed by atoms with Gasteiger partial charge in [-0.25, -0.2) is 19.2 Å². The Morgan fingerprint density at radius 3 is 1.62 bits per heavy atom. The fourth-order valence-electron chi connectivity index (χ4n) is 4.74. The van der Waals surface area contributed by atoms with Crippen molar-refractivity contribution in [2.75, 3.05) is 6.61 Å². The van der Waals surface area contributed by atoms with E-state index in [9.17, 15) is 24.0 Å². The average Bonchev–Trinajstić information content (AvgIpc) is 3.10. The molecule has 0 aromatic heterocycles. The first-order valence-corrected chi connectivity index (χ1v) is 16.8. The lowest BCUT2D eigenvalue weighted by molar-refractivity contribution is -0.171. The van der Waals surface area contributed by atoms with Crippen molar-refractivity contribution < 1.29 is 42.9 Å². The molecule has 0 amide bonds. The molecule has 0 aliphatic rings. The van der Waals surface area contributed by atoms with Crippen molar-refractivity contribution in [3.05, 3.63) is 89.5 Å². The normalized spacial score (nSPS) is 12.0. The summed E-state index contributed by atoms with van der Waals surface area (Å²) < 4.78 is 20.9. The molecular weight excluding hydrogens is 612 g/mol. The molecule has 0 aliphatic carbocycles. The van der Waals surface area contributed by atoms with E-state index in [2.05, 4.69) is 13.8 Å². The average molecular weight is 659 g/mol. The molecule has 3 aromatic rings. The lowest BCUT2D eigenvalue weighted by atomic mass is 9.99. The van der Waals surface area contributed by atoms with Crippen molar-refractivity contribution in [2.45, 2.75) is 97.7 Å². The van der Waals surface area contributed by atoms with Crippen LogP contribution in [0.5, 0.6) is 5.75 Å². The highest BCUT2D eigenvalue weighted by molar-refractivity contribution is 5.96. The molecule has 0 bridgehead atoms. The number of benzene rings is 3. The van der Waals surface area contributed by atoms with Gasteiger partial charge in [-0.3, -0.25) is 4.79 Å². The Bertz CT molecular complexity index is 1490. The first kappa shape index (κ1) is 37.7. The molecule has 2 atom stereocenters. The van der Waals surface area contributed by atoms with E-state index in [0.29, 0.717) is 17.5 Å². The van der Waals surface area contributed by atoms with Gasteiger partial charge in [0.25, 0.3) is 0 Å². The highest BCUT2D eigenvalue weighted by Crippen LogP contribution is 2.23. The summed E-state index contributed by atoms with van der Waals surface area (Å²) in [7, 11) is 0. The number of hydrogen-bond donors (Lipinski definition) is 0. The Kier molecular flexibility index (Phi) is 15.5. The van der Waals surface area contributed by atoms with Crippen molar-refractivity contribution >= 4 is 29.7 Å². The molecule has 0 spiro atoms. The first-order chi connectivity index (χ1) is 23.1. The van der Waals surface area contributed by atoms with Gasteiger partial charge in [-0.1, -0.05) is 88.8 Å². The molecule has 9 nitrogen and oxygen atoms in total. The number of hydrogen-bond acceptors (Lipinski definition) is 9. The number of ketones is 1. The van der Waals surface area contributed by atoms with Gasteiger partial charge in [0.05, 0.1) is 17.7 Å². The van der Waals surface area contributed by atoms with E-state index >= 15 is 0 Å². The van der Waals surface area contributed by atoms with Gasteiger partial charge in [0.15, 0.2) is 18.0 Å². The van der Waals surface area contributed by atoms with E-state index in [1.54, 1.807) is 12.1 Å². The number of ether oxygens (including phenoxy) is 4. The maximum atomic E-state index is 12.7. The number of rotatable bonds is 19. The van der Waals surface area contributed by atoms with Crippen LogP contribution in [-0.4, -0.2) is 48.5 Å². The Balaban J connectivity index is 1.46. The number of Topliss-reactive ketones (excluding diaryl/α,β-unsaturated/α-hetero) is 1. The van der Waals surface area contributed by atoms with E-state index in [1.165, 1.54) is 38.1 Å². The Hall–Kier alpha value is -4.79. The van der Waals surface area contributed by atoms with E-state index < -0.39 is 36.1 Å². The summed E-state index contributed by atoms with van der Waals surface area (Å²) in [6.45, 7) is 7.22. The van der Waals surface area contributed by atoms with Gasteiger partial charge in [-0.05, 0) is 74.2 Å². The van der Waals surface area contributed by atoms with Gasteiger partial charge >= 0.3 is 23.9 Å². The molecule has 48 heavy (non-hydrogen) atoms. The van der Waals surface area contributed by atoms with Crippen LogP contribution < -0.4 is 4.74 Å². The predicted octanol–water partition coefficient (Wildman–Crippen LogP) is 8.33. The van der Waals surface area contributed by atoms with Crippen LogP contribution in [0.2, 0.25) is 0 Å². The van der Waals surface area contributed by atoms with Gasteiger partial charge in [0.1, 0.15) is 5.75 Å². The van der Waals surface area contributed by atoms with Crippen LogP contribution in [0.3, 0.4) is 0 Å². The van der Waals surface area contributed by atoms with Crippen molar-refractivity contribution in [3.8, 4) is 16.9 Å². The molecule has 0 saturated heterocycles. The van der Waals surface area contributed by atoms with Gasteiger partial charge in [-0.2, -0.15) is 0 Å². The van der Waals surface area contributed by atoms with E-state index in [1.807, 2.05) is 36.4 Å². The summed E-state index contributed by atoms with van der Waals surface area (Å²) in [4.78, 5) is 62.2. The minimum atomic E-state index is -1.27. The molecule has 0 radical (unpaired) electrons. The zero-order chi connectivity index (χ0) is 34.9. The van der Waals surface area contributed by atoms with Crippen molar-refractivity contribution in [3.63, 3.8) is 0 Å². The topological polar surface area (TPSA) is 122 Å². The second-order valence-corrected chi connectivity index (χ2v) is 11.7. The maximum Gasteiger partial charge on any atom is 0.348 e. The minimum Gasteiger partial charge on any atom is -0.463 e. The molecule has 3 rings (SSSR count). The molecule has 3 aromatic carbocycles. The minimum absolute atomic E-state index is 0.127. The largest absolute Gasteiger partial charge is 0.463 e. The van der Waals surface area contributed by atoms with E-state index in [-0.39, 0.29) is 23.7 Å². The van der Waals surface area contributed by atoms with E-state index in [4.69, 9.17) is 18.9 Å². The summed E-state index contributed by atoms with van der Waals surface area (Å²) in [5, 5.41) is 0. The molecule has 2 unspecified atom stereocenters. The first-order valence-electron chi connectivity index (χ1n) is 16.8. The molecule has 0 aliphatic heterocycles. The monoisotopic (exact) mass is 658 g/mol.